The van der Waals surface area contributed by atoms with Gasteiger partial charge in [0.1, 0.15) is 0 Å². The van der Waals surface area contributed by atoms with Crippen molar-refractivity contribution in [1.29, 1.82) is 0 Å². The van der Waals surface area contributed by atoms with Gasteiger partial charge in [-0.25, -0.2) is 0 Å². The molecule has 1 aromatic carbocycles. The highest BCUT2D eigenvalue weighted by atomic mass is 79.9. The number of nitrogens with two attached hydrogens (primary N) is 1. The van der Waals surface area contributed by atoms with Crippen LogP contribution >= 0.6 is 27.5 Å². The molecule has 3 nitrogen and oxygen atoms in total. The minimum atomic E-state index is 0.0896. The molecule has 2 aliphatic rings. The molecule has 1 aliphatic heterocycles. The van der Waals surface area contributed by atoms with Crippen molar-refractivity contribution in [3.8, 4) is 0 Å². The third kappa shape index (κ3) is 2.13. The Kier molecular flexibility index (Phi) is 3.49. The zero-order chi connectivity index (χ0) is 14.5. The Bertz CT molecular complexity index is 564. The Morgan fingerprint density at radius 3 is 2.75 bits per heavy atom. The van der Waals surface area contributed by atoms with E-state index in [4.69, 9.17) is 17.3 Å². The first-order valence-electron chi connectivity index (χ1n) is 6.98. The minimum Gasteiger partial charge on any atom is -0.369 e. The van der Waals surface area contributed by atoms with Crippen molar-refractivity contribution < 1.29 is 0 Å². The lowest BCUT2D eigenvalue weighted by Gasteiger charge is -2.52. The Balaban J connectivity index is 1.90. The first-order chi connectivity index (χ1) is 9.43. The van der Waals surface area contributed by atoms with E-state index >= 15 is 0 Å². The molecular weight excluding hydrogens is 338 g/mol. The lowest BCUT2D eigenvalue weighted by Crippen LogP contribution is -2.60. The van der Waals surface area contributed by atoms with Gasteiger partial charge < -0.3 is 10.6 Å². The number of benzene rings is 1. The van der Waals surface area contributed by atoms with Gasteiger partial charge in [-0.1, -0.05) is 25.4 Å². The summed E-state index contributed by atoms with van der Waals surface area (Å²) in [6.45, 7) is 5.39. The van der Waals surface area contributed by atoms with Crippen molar-refractivity contribution in [2.45, 2.75) is 32.2 Å². The van der Waals surface area contributed by atoms with Gasteiger partial charge in [0.25, 0.3) is 0 Å². The van der Waals surface area contributed by atoms with Gasteiger partial charge in [0, 0.05) is 10.2 Å². The molecule has 3 rings (SSSR count). The van der Waals surface area contributed by atoms with Crippen LogP contribution in [0.5, 0.6) is 0 Å². The van der Waals surface area contributed by atoms with Crippen molar-refractivity contribution in [2.75, 3.05) is 11.4 Å². The first-order valence-corrected chi connectivity index (χ1v) is 8.15. The average molecular weight is 357 g/mol. The van der Waals surface area contributed by atoms with E-state index in [-0.39, 0.29) is 5.54 Å². The van der Waals surface area contributed by atoms with Gasteiger partial charge in [-0.15, -0.1) is 0 Å². The first kappa shape index (κ1) is 14.2. The van der Waals surface area contributed by atoms with Crippen LogP contribution in [-0.4, -0.2) is 18.0 Å². The normalized spacial score (nSPS) is 28.9. The lowest BCUT2D eigenvalue weighted by atomic mass is 9.63. The van der Waals surface area contributed by atoms with E-state index in [2.05, 4.69) is 39.7 Å². The van der Waals surface area contributed by atoms with Gasteiger partial charge in [-0.3, -0.25) is 4.99 Å². The second kappa shape index (κ2) is 4.92. The fourth-order valence-electron chi connectivity index (χ4n) is 3.34. The molecule has 5 heteroatoms. The highest BCUT2D eigenvalue weighted by Crippen LogP contribution is 2.50. The second-order valence-electron chi connectivity index (χ2n) is 6.24. The molecule has 0 unspecified atom stereocenters. The van der Waals surface area contributed by atoms with E-state index in [1.165, 1.54) is 0 Å². The monoisotopic (exact) mass is 355 g/mol. The number of hydrogen-bond acceptors (Lipinski definition) is 3. The molecule has 20 heavy (non-hydrogen) atoms. The highest BCUT2D eigenvalue weighted by molar-refractivity contribution is 9.10. The van der Waals surface area contributed by atoms with Crippen LogP contribution in [0.3, 0.4) is 0 Å². The van der Waals surface area contributed by atoms with Gasteiger partial charge in [0.15, 0.2) is 5.96 Å². The van der Waals surface area contributed by atoms with E-state index in [0.29, 0.717) is 11.0 Å². The summed E-state index contributed by atoms with van der Waals surface area (Å²) in [5, 5.41) is 0.714. The number of guanidine groups is 1. The summed E-state index contributed by atoms with van der Waals surface area (Å²) in [7, 11) is 0. The largest absolute Gasteiger partial charge is 0.369 e. The third-order valence-corrected chi connectivity index (χ3v) is 5.84. The van der Waals surface area contributed by atoms with Gasteiger partial charge >= 0.3 is 0 Å². The zero-order valence-corrected chi connectivity index (χ0v) is 14.1. The fourth-order valence-corrected chi connectivity index (χ4v) is 3.83. The quantitative estimate of drug-likeness (QED) is 0.869. The maximum Gasteiger partial charge on any atom is 0.196 e. The summed E-state index contributed by atoms with van der Waals surface area (Å²) < 4.78 is 0.895. The fraction of sp³-hybridized carbons (Fsp3) is 0.533. The standard InChI is InChI=1S/C15H19BrClN3/c1-9(2)10-6-15(7-10)8-19-14(18)20(15)11-3-4-13(17)12(16)5-11/h3-5,9-10H,6-8H2,1-2H3,(H2,18,19). The predicted molar refractivity (Wildman–Crippen MR) is 88.4 cm³/mol. The molecule has 1 saturated carbocycles. The Hall–Kier alpha value is -0.740. The molecule has 1 aromatic rings. The highest BCUT2D eigenvalue weighted by Gasteiger charge is 2.53. The van der Waals surface area contributed by atoms with Crippen molar-refractivity contribution in [3.63, 3.8) is 0 Å². The van der Waals surface area contributed by atoms with Crippen LogP contribution < -0.4 is 10.6 Å². The Labute approximate surface area is 133 Å². The van der Waals surface area contributed by atoms with Gasteiger partial charge in [-0.05, 0) is 58.8 Å². The maximum absolute atomic E-state index is 6.13. The number of nitrogens with zero attached hydrogens (tertiary/aromatic N) is 2. The molecule has 1 spiro atoms. The maximum atomic E-state index is 6.13. The average Bonchev–Trinajstić information content (AvgIpc) is 2.68. The topological polar surface area (TPSA) is 41.6 Å². The molecule has 1 fully saturated rings. The van der Waals surface area contributed by atoms with Crippen LogP contribution in [0.4, 0.5) is 5.69 Å². The SMILES string of the molecule is CC(C)C1CC2(CN=C(N)N2c2ccc(Cl)c(Br)c2)C1. The molecule has 1 aliphatic carbocycles. The molecule has 0 atom stereocenters. The third-order valence-electron chi connectivity index (χ3n) is 4.63. The van der Waals surface area contributed by atoms with E-state index < -0.39 is 0 Å². The van der Waals surface area contributed by atoms with E-state index in [0.717, 1.165) is 41.4 Å². The summed E-state index contributed by atoms with van der Waals surface area (Å²) in [6.07, 6.45) is 2.32. The van der Waals surface area contributed by atoms with E-state index in [9.17, 15) is 0 Å². The summed E-state index contributed by atoms with van der Waals surface area (Å²) in [5.41, 5.74) is 7.29. The molecular formula is C15H19BrClN3. The van der Waals surface area contributed by atoms with Gasteiger partial charge in [0.05, 0.1) is 17.1 Å². The predicted octanol–water partition coefficient (Wildman–Crippen LogP) is 4.04. The molecule has 0 amide bonds. The van der Waals surface area contributed by atoms with Crippen LogP contribution in [0.1, 0.15) is 26.7 Å². The van der Waals surface area contributed by atoms with Crippen LogP contribution in [0.2, 0.25) is 5.02 Å². The molecule has 2 N–H and O–H groups in total. The summed E-state index contributed by atoms with van der Waals surface area (Å²) in [4.78, 5) is 6.69. The summed E-state index contributed by atoms with van der Waals surface area (Å²) >= 11 is 9.57. The number of anilines is 1. The van der Waals surface area contributed by atoms with Crippen molar-refractivity contribution in [2.24, 2.45) is 22.6 Å². The lowest BCUT2D eigenvalue weighted by molar-refractivity contribution is 0.121. The molecule has 0 saturated heterocycles. The number of halogens is 2. The Morgan fingerprint density at radius 2 is 2.15 bits per heavy atom. The van der Waals surface area contributed by atoms with Crippen LogP contribution in [0.25, 0.3) is 0 Å². The van der Waals surface area contributed by atoms with Crippen LogP contribution in [-0.2, 0) is 0 Å². The second-order valence-corrected chi connectivity index (χ2v) is 7.51. The van der Waals surface area contributed by atoms with E-state index in [1.807, 2.05) is 18.2 Å². The number of hydrogen-bond donors (Lipinski definition) is 1. The summed E-state index contributed by atoms with van der Waals surface area (Å²) in [5.74, 6) is 2.12. The number of aliphatic imine (C=N–C) groups is 1. The van der Waals surface area contributed by atoms with Crippen LogP contribution in [0.15, 0.2) is 27.7 Å². The van der Waals surface area contributed by atoms with Crippen molar-refractivity contribution in [3.05, 3.63) is 27.7 Å². The Morgan fingerprint density at radius 1 is 1.45 bits per heavy atom. The molecule has 0 aromatic heterocycles. The van der Waals surface area contributed by atoms with E-state index in [1.54, 1.807) is 0 Å². The van der Waals surface area contributed by atoms with Crippen molar-refractivity contribution in [1.82, 2.24) is 0 Å². The molecule has 0 radical (unpaired) electrons. The molecule has 1 heterocycles. The van der Waals surface area contributed by atoms with Gasteiger partial charge in [0.2, 0.25) is 0 Å². The molecule has 0 bridgehead atoms. The smallest absolute Gasteiger partial charge is 0.196 e. The zero-order valence-electron chi connectivity index (χ0n) is 11.7. The van der Waals surface area contributed by atoms with Gasteiger partial charge in [-0.2, -0.15) is 0 Å². The van der Waals surface area contributed by atoms with Crippen molar-refractivity contribution >= 4 is 39.2 Å². The molecule has 108 valence electrons. The minimum absolute atomic E-state index is 0.0896. The number of rotatable bonds is 2. The van der Waals surface area contributed by atoms with Crippen LogP contribution in [0, 0.1) is 11.8 Å². The summed E-state index contributed by atoms with van der Waals surface area (Å²) in [6, 6.07) is 5.95.